The predicted octanol–water partition coefficient (Wildman–Crippen LogP) is 3.36. The quantitative estimate of drug-likeness (QED) is 0.857. The third-order valence-corrected chi connectivity index (χ3v) is 3.74. The Morgan fingerprint density at radius 2 is 2.17 bits per heavy atom. The molecule has 1 aliphatic rings. The number of aromatic amines is 1. The van der Waals surface area contributed by atoms with Crippen molar-refractivity contribution in [2.24, 2.45) is 5.92 Å². The van der Waals surface area contributed by atoms with Gasteiger partial charge in [0.1, 0.15) is 0 Å². The van der Waals surface area contributed by atoms with Crippen LogP contribution < -0.4 is 0 Å². The molecule has 0 spiro atoms. The Labute approximate surface area is 111 Å². The van der Waals surface area contributed by atoms with E-state index in [0.29, 0.717) is 10.8 Å². The summed E-state index contributed by atoms with van der Waals surface area (Å²) in [6.07, 6.45) is 7.47. The Hall–Kier alpha value is -1.49. The van der Waals surface area contributed by atoms with E-state index in [1.165, 1.54) is 19.3 Å². The summed E-state index contributed by atoms with van der Waals surface area (Å²) >= 11 is 5.35. The normalized spacial score (nSPS) is 16.7. The third-order valence-electron chi connectivity index (χ3n) is 3.46. The van der Waals surface area contributed by atoms with Crippen LogP contribution in [0.25, 0.3) is 11.4 Å². The van der Waals surface area contributed by atoms with Crippen LogP contribution in [-0.2, 0) is 0 Å². The summed E-state index contributed by atoms with van der Waals surface area (Å²) in [5.41, 5.74) is 1.06. The minimum Gasteiger partial charge on any atom is -0.297 e. The van der Waals surface area contributed by atoms with Crippen LogP contribution in [0, 0.1) is 10.7 Å². The van der Waals surface area contributed by atoms with Crippen LogP contribution in [0.3, 0.4) is 0 Å². The Kier molecular flexibility index (Phi) is 2.99. The molecule has 3 rings (SSSR count). The molecular weight excluding hydrogens is 244 g/mol. The van der Waals surface area contributed by atoms with Gasteiger partial charge in [0.05, 0.1) is 0 Å². The third kappa shape index (κ3) is 2.22. The maximum absolute atomic E-state index is 5.35. The average Bonchev–Trinajstić information content (AvgIpc) is 3.10. The number of aromatic nitrogens is 4. The highest BCUT2D eigenvalue weighted by Crippen LogP contribution is 2.37. The molecule has 4 nitrogen and oxygen atoms in total. The summed E-state index contributed by atoms with van der Waals surface area (Å²) in [4.78, 5) is 4.04. The Bertz CT molecular complexity index is 583. The van der Waals surface area contributed by atoms with Gasteiger partial charge in [-0.2, -0.15) is 5.10 Å². The van der Waals surface area contributed by atoms with Gasteiger partial charge in [0.25, 0.3) is 0 Å². The van der Waals surface area contributed by atoms with E-state index in [1.807, 2.05) is 12.1 Å². The van der Waals surface area contributed by atoms with Crippen LogP contribution in [0.15, 0.2) is 24.5 Å². The first-order valence-electron chi connectivity index (χ1n) is 6.33. The van der Waals surface area contributed by atoms with Crippen LogP contribution in [0.5, 0.6) is 0 Å². The van der Waals surface area contributed by atoms with E-state index < -0.39 is 0 Å². The lowest BCUT2D eigenvalue weighted by atomic mass is 10.1. The van der Waals surface area contributed by atoms with Gasteiger partial charge in [-0.05, 0) is 43.6 Å². The second-order valence-electron chi connectivity index (χ2n) is 4.99. The first-order valence-corrected chi connectivity index (χ1v) is 6.74. The van der Waals surface area contributed by atoms with E-state index in [0.717, 1.165) is 17.3 Å². The number of rotatable bonds is 4. The minimum atomic E-state index is 0.395. The van der Waals surface area contributed by atoms with Crippen molar-refractivity contribution in [1.29, 1.82) is 0 Å². The molecule has 2 aromatic heterocycles. The Morgan fingerprint density at radius 1 is 1.44 bits per heavy atom. The van der Waals surface area contributed by atoms with Crippen molar-refractivity contribution < 1.29 is 0 Å². The van der Waals surface area contributed by atoms with E-state index in [-0.39, 0.29) is 0 Å². The first kappa shape index (κ1) is 11.6. The van der Waals surface area contributed by atoms with Gasteiger partial charge in [-0.25, -0.2) is 0 Å². The van der Waals surface area contributed by atoms with Crippen molar-refractivity contribution >= 4 is 12.2 Å². The SMILES string of the molecule is CC(CC1CC1)n1c(-c2ccncc2)n[nH]c1=S. The molecule has 2 aromatic rings. The molecule has 1 atom stereocenters. The number of H-pyrrole nitrogens is 1. The molecule has 94 valence electrons. The molecule has 0 amide bonds. The highest BCUT2D eigenvalue weighted by Gasteiger charge is 2.25. The van der Waals surface area contributed by atoms with Crippen LogP contribution in [0.4, 0.5) is 0 Å². The van der Waals surface area contributed by atoms with Gasteiger partial charge in [0.15, 0.2) is 10.6 Å². The largest absolute Gasteiger partial charge is 0.297 e. The van der Waals surface area contributed by atoms with E-state index in [1.54, 1.807) is 12.4 Å². The van der Waals surface area contributed by atoms with E-state index in [4.69, 9.17) is 12.2 Å². The van der Waals surface area contributed by atoms with Crippen LogP contribution >= 0.6 is 12.2 Å². The monoisotopic (exact) mass is 260 g/mol. The van der Waals surface area contributed by atoms with E-state index >= 15 is 0 Å². The van der Waals surface area contributed by atoms with Gasteiger partial charge in [0, 0.05) is 24.0 Å². The van der Waals surface area contributed by atoms with Crippen molar-refractivity contribution in [3.63, 3.8) is 0 Å². The fraction of sp³-hybridized carbons (Fsp3) is 0.462. The standard InChI is InChI=1S/C13H16N4S/c1-9(8-10-2-3-10)17-12(15-16-13(17)18)11-4-6-14-7-5-11/h4-7,9-10H,2-3,8H2,1H3,(H,16,18). The highest BCUT2D eigenvalue weighted by atomic mass is 32.1. The van der Waals surface area contributed by atoms with Gasteiger partial charge in [-0.15, -0.1) is 0 Å². The van der Waals surface area contributed by atoms with Crippen LogP contribution in [0.1, 0.15) is 32.2 Å². The Morgan fingerprint density at radius 3 is 2.83 bits per heavy atom. The predicted molar refractivity (Wildman–Crippen MR) is 72.7 cm³/mol. The summed E-state index contributed by atoms with van der Waals surface area (Å²) in [6, 6.07) is 4.32. The number of hydrogen-bond acceptors (Lipinski definition) is 3. The topological polar surface area (TPSA) is 46.5 Å². The summed E-state index contributed by atoms with van der Waals surface area (Å²) in [7, 11) is 0. The lowest BCUT2D eigenvalue weighted by Gasteiger charge is -2.15. The maximum Gasteiger partial charge on any atom is 0.195 e. The van der Waals surface area contributed by atoms with E-state index in [9.17, 15) is 0 Å². The number of pyridine rings is 1. The fourth-order valence-electron chi connectivity index (χ4n) is 2.36. The molecule has 0 radical (unpaired) electrons. The molecule has 0 bridgehead atoms. The molecule has 0 aromatic carbocycles. The molecule has 5 heteroatoms. The zero-order valence-corrected chi connectivity index (χ0v) is 11.2. The van der Waals surface area contributed by atoms with Crippen molar-refractivity contribution in [2.45, 2.75) is 32.2 Å². The van der Waals surface area contributed by atoms with Gasteiger partial charge in [-0.1, -0.05) is 12.8 Å². The second-order valence-corrected chi connectivity index (χ2v) is 5.37. The number of nitrogens with zero attached hydrogens (tertiary/aromatic N) is 3. The molecule has 1 unspecified atom stereocenters. The van der Waals surface area contributed by atoms with Crippen LogP contribution in [-0.4, -0.2) is 19.7 Å². The maximum atomic E-state index is 5.35. The van der Waals surface area contributed by atoms with Crippen molar-refractivity contribution in [1.82, 2.24) is 19.7 Å². The highest BCUT2D eigenvalue weighted by molar-refractivity contribution is 7.71. The van der Waals surface area contributed by atoms with Gasteiger partial charge < -0.3 is 0 Å². The Balaban J connectivity index is 1.97. The van der Waals surface area contributed by atoms with Gasteiger partial charge in [-0.3, -0.25) is 14.6 Å². The summed E-state index contributed by atoms with van der Waals surface area (Å²) in [5, 5.41) is 7.26. The molecule has 1 aliphatic carbocycles. The molecule has 18 heavy (non-hydrogen) atoms. The number of nitrogens with one attached hydrogen (secondary N) is 1. The van der Waals surface area contributed by atoms with E-state index in [2.05, 4.69) is 26.7 Å². The number of hydrogen-bond donors (Lipinski definition) is 1. The zero-order valence-electron chi connectivity index (χ0n) is 10.3. The zero-order chi connectivity index (χ0) is 12.5. The smallest absolute Gasteiger partial charge is 0.195 e. The lowest BCUT2D eigenvalue weighted by molar-refractivity contribution is 0.475. The average molecular weight is 260 g/mol. The van der Waals surface area contributed by atoms with Crippen molar-refractivity contribution in [2.75, 3.05) is 0 Å². The molecule has 1 N–H and O–H groups in total. The molecule has 1 fully saturated rings. The van der Waals surface area contributed by atoms with Crippen LogP contribution in [0.2, 0.25) is 0 Å². The van der Waals surface area contributed by atoms with Gasteiger partial charge >= 0.3 is 0 Å². The summed E-state index contributed by atoms with van der Waals surface area (Å²) < 4.78 is 2.83. The minimum absolute atomic E-state index is 0.395. The summed E-state index contributed by atoms with van der Waals surface area (Å²) in [6.45, 7) is 2.22. The summed E-state index contributed by atoms with van der Waals surface area (Å²) in [5.74, 6) is 1.79. The lowest BCUT2D eigenvalue weighted by Crippen LogP contribution is -2.08. The molecule has 0 saturated heterocycles. The van der Waals surface area contributed by atoms with Gasteiger partial charge in [0.2, 0.25) is 0 Å². The molecule has 2 heterocycles. The molecule has 1 saturated carbocycles. The fourth-order valence-corrected chi connectivity index (χ4v) is 2.67. The van der Waals surface area contributed by atoms with Crippen molar-refractivity contribution in [3.05, 3.63) is 29.3 Å². The first-order chi connectivity index (χ1) is 8.75. The molecule has 0 aliphatic heterocycles. The molecular formula is C13H16N4S. The van der Waals surface area contributed by atoms with Crippen molar-refractivity contribution in [3.8, 4) is 11.4 Å². The second kappa shape index (κ2) is 4.65.